The Balaban J connectivity index is 1.26. The van der Waals surface area contributed by atoms with E-state index in [2.05, 4.69) is 26.4 Å². The van der Waals surface area contributed by atoms with Gasteiger partial charge < -0.3 is 9.88 Å². The van der Waals surface area contributed by atoms with Crippen LogP contribution in [0.4, 0.5) is 0 Å². The second-order valence-electron chi connectivity index (χ2n) is 7.23. The summed E-state index contributed by atoms with van der Waals surface area (Å²) in [4.78, 5) is 21.3. The fraction of sp³-hybridized carbons (Fsp3) is 0.0833. The maximum Gasteiger partial charge on any atom is 0.271 e. The van der Waals surface area contributed by atoms with Crippen molar-refractivity contribution >= 4 is 17.2 Å². The monoisotopic (exact) mass is 440 g/mol. The van der Waals surface area contributed by atoms with Crippen LogP contribution in [0.5, 0.6) is 0 Å². The zero-order valence-electron chi connectivity index (χ0n) is 17.1. The molecule has 3 aromatic heterocycles. The lowest BCUT2D eigenvalue weighted by atomic mass is 10.1. The molecule has 0 atom stereocenters. The van der Waals surface area contributed by atoms with Gasteiger partial charge in [-0.15, -0.1) is 11.3 Å². The minimum absolute atomic E-state index is 0.194. The molecule has 2 aromatic carbocycles. The largest absolute Gasteiger partial charge is 0.347 e. The standard InChI is InChI=1S/C24H20N6OS/c31-23(26-12-18-6-4-5-7-19(18)14-29-11-10-25-17-29)22-16-32-24(28-22)20-13-27-30(15-20)21-8-2-1-3-9-21/h1-11,13,15-17H,12,14H2,(H,26,31). The number of nitrogens with zero attached hydrogens (tertiary/aromatic N) is 5. The normalized spacial score (nSPS) is 10.9. The number of amides is 1. The number of benzene rings is 2. The van der Waals surface area contributed by atoms with E-state index in [-0.39, 0.29) is 5.91 Å². The number of carbonyl (C=O) groups is 1. The number of para-hydroxylation sites is 1. The molecule has 0 aliphatic rings. The fourth-order valence-corrected chi connectivity index (χ4v) is 4.17. The molecule has 7 nitrogen and oxygen atoms in total. The van der Waals surface area contributed by atoms with Gasteiger partial charge in [-0.2, -0.15) is 5.10 Å². The number of rotatable bonds is 7. The van der Waals surface area contributed by atoms with E-state index < -0.39 is 0 Å². The molecule has 5 rings (SSSR count). The average Bonchev–Trinajstić information content (AvgIpc) is 3.60. The summed E-state index contributed by atoms with van der Waals surface area (Å²) >= 11 is 1.43. The van der Waals surface area contributed by atoms with Gasteiger partial charge in [0.15, 0.2) is 0 Å². The van der Waals surface area contributed by atoms with Crippen molar-refractivity contribution in [3.05, 3.63) is 108 Å². The van der Waals surface area contributed by atoms with Crippen LogP contribution < -0.4 is 5.32 Å². The van der Waals surface area contributed by atoms with Gasteiger partial charge in [0.2, 0.25) is 0 Å². The number of imidazole rings is 1. The molecule has 8 heteroatoms. The lowest BCUT2D eigenvalue weighted by molar-refractivity contribution is 0.0946. The summed E-state index contributed by atoms with van der Waals surface area (Å²) in [5.74, 6) is -0.194. The highest BCUT2D eigenvalue weighted by Crippen LogP contribution is 2.24. The van der Waals surface area contributed by atoms with Crippen molar-refractivity contribution in [3.8, 4) is 16.3 Å². The molecule has 0 saturated heterocycles. The van der Waals surface area contributed by atoms with E-state index in [0.717, 1.165) is 27.4 Å². The number of carbonyl (C=O) groups excluding carboxylic acids is 1. The van der Waals surface area contributed by atoms with Crippen LogP contribution in [0.1, 0.15) is 21.6 Å². The van der Waals surface area contributed by atoms with Gasteiger partial charge >= 0.3 is 0 Å². The molecule has 5 aromatic rings. The molecular weight excluding hydrogens is 420 g/mol. The number of aromatic nitrogens is 5. The van der Waals surface area contributed by atoms with Crippen molar-refractivity contribution < 1.29 is 4.79 Å². The third-order valence-corrected chi connectivity index (χ3v) is 5.95. The maximum absolute atomic E-state index is 12.7. The van der Waals surface area contributed by atoms with Gasteiger partial charge in [-0.3, -0.25) is 4.79 Å². The lowest BCUT2D eigenvalue weighted by Gasteiger charge is -2.10. The van der Waals surface area contributed by atoms with Crippen LogP contribution in [-0.4, -0.2) is 30.2 Å². The van der Waals surface area contributed by atoms with E-state index in [1.54, 1.807) is 28.8 Å². The highest BCUT2D eigenvalue weighted by atomic mass is 32.1. The Bertz CT molecular complexity index is 1320. The summed E-state index contributed by atoms with van der Waals surface area (Å²) in [5.41, 5.74) is 4.46. The number of hydrogen-bond donors (Lipinski definition) is 1. The minimum Gasteiger partial charge on any atom is -0.347 e. The van der Waals surface area contributed by atoms with Crippen molar-refractivity contribution in [2.24, 2.45) is 0 Å². The minimum atomic E-state index is -0.194. The van der Waals surface area contributed by atoms with E-state index in [1.807, 2.05) is 65.5 Å². The highest BCUT2D eigenvalue weighted by molar-refractivity contribution is 7.13. The van der Waals surface area contributed by atoms with Gasteiger partial charge in [0.05, 0.1) is 18.2 Å². The van der Waals surface area contributed by atoms with Crippen LogP contribution in [0.25, 0.3) is 16.3 Å². The molecule has 32 heavy (non-hydrogen) atoms. The molecule has 3 heterocycles. The molecule has 0 fully saturated rings. The van der Waals surface area contributed by atoms with Gasteiger partial charge in [-0.1, -0.05) is 42.5 Å². The van der Waals surface area contributed by atoms with Crippen molar-refractivity contribution in [1.82, 2.24) is 29.6 Å². The summed E-state index contributed by atoms with van der Waals surface area (Å²) in [6.07, 6.45) is 9.15. The van der Waals surface area contributed by atoms with Crippen LogP contribution in [0.15, 0.2) is 91.1 Å². The van der Waals surface area contributed by atoms with Gasteiger partial charge in [-0.05, 0) is 23.3 Å². The molecule has 0 spiro atoms. The lowest BCUT2D eigenvalue weighted by Crippen LogP contribution is -2.23. The summed E-state index contributed by atoms with van der Waals surface area (Å²) in [5, 5.41) is 9.94. The van der Waals surface area contributed by atoms with E-state index in [1.165, 1.54) is 11.3 Å². The summed E-state index contributed by atoms with van der Waals surface area (Å²) < 4.78 is 3.80. The van der Waals surface area contributed by atoms with Crippen LogP contribution in [0.3, 0.4) is 0 Å². The van der Waals surface area contributed by atoms with Gasteiger partial charge in [0, 0.05) is 42.6 Å². The molecule has 158 valence electrons. The predicted octanol–water partition coefficient (Wildman–Crippen LogP) is 4.17. The first-order valence-corrected chi connectivity index (χ1v) is 11.0. The summed E-state index contributed by atoms with van der Waals surface area (Å²) in [6.45, 7) is 1.14. The first-order valence-electron chi connectivity index (χ1n) is 10.1. The van der Waals surface area contributed by atoms with Crippen molar-refractivity contribution in [2.45, 2.75) is 13.1 Å². The van der Waals surface area contributed by atoms with Gasteiger partial charge in [-0.25, -0.2) is 14.6 Å². The van der Waals surface area contributed by atoms with Gasteiger partial charge in [0.1, 0.15) is 10.7 Å². The van der Waals surface area contributed by atoms with Crippen molar-refractivity contribution in [2.75, 3.05) is 0 Å². The van der Waals surface area contributed by atoms with E-state index in [9.17, 15) is 4.79 Å². The number of nitrogens with one attached hydrogen (secondary N) is 1. The topological polar surface area (TPSA) is 77.6 Å². The predicted molar refractivity (Wildman–Crippen MR) is 124 cm³/mol. The molecule has 0 aliphatic heterocycles. The third kappa shape index (κ3) is 4.35. The Morgan fingerprint density at radius 2 is 1.84 bits per heavy atom. The van der Waals surface area contributed by atoms with E-state index in [4.69, 9.17) is 0 Å². The zero-order chi connectivity index (χ0) is 21.8. The molecule has 0 saturated carbocycles. The zero-order valence-corrected chi connectivity index (χ0v) is 17.9. The highest BCUT2D eigenvalue weighted by Gasteiger charge is 2.14. The molecular formula is C24H20N6OS. The van der Waals surface area contributed by atoms with Crippen LogP contribution >= 0.6 is 11.3 Å². The van der Waals surface area contributed by atoms with Crippen LogP contribution in [0, 0.1) is 0 Å². The van der Waals surface area contributed by atoms with Crippen molar-refractivity contribution in [3.63, 3.8) is 0 Å². The summed E-state index contributed by atoms with van der Waals surface area (Å²) in [7, 11) is 0. The maximum atomic E-state index is 12.7. The smallest absolute Gasteiger partial charge is 0.271 e. The SMILES string of the molecule is O=C(NCc1ccccc1Cn1ccnc1)c1csc(-c2cnn(-c3ccccc3)c2)n1. The second kappa shape index (κ2) is 8.99. The molecule has 1 N–H and O–H groups in total. The second-order valence-corrected chi connectivity index (χ2v) is 8.09. The van der Waals surface area contributed by atoms with E-state index >= 15 is 0 Å². The Morgan fingerprint density at radius 1 is 1.03 bits per heavy atom. The first-order chi connectivity index (χ1) is 15.8. The Hall–Kier alpha value is -4.04. The van der Waals surface area contributed by atoms with E-state index in [0.29, 0.717) is 18.8 Å². The quantitative estimate of drug-likeness (QED) is 0.412. The van der Waals surface area contributed by atoms with Gasteiger partial charge in [0.25, 0.3) is 5.91 Å². The Kier molecular flexibility index (Phi) is 5.59. The Labute approximate surface area is 189 Å². The fourth-order valence-electron chi connectivity index (χ4n) is 3.39. The molecule has 0 bridgehead atoms. The first kappa shape index (κ1) is 19.9. The molecule has 0 aliphatic carbocycles. The average molecular weight is 441 g/mol. The van der Waals surface area contributed by atoms with Crippen LogP contribution in [-0.2, 0) is 13.1 Å². The van der Waals surface area contributed by atoms with Crippen LogP contribution in [0.2, 0.25) is 0 Å². The molecule has 1 amide bonds. The number of thiazole rings is 1. The van der Waals surface area contributed by atoms with Crippen molar-refractivity contribution in [1.29, 1.82) is 0 Å². The molecule has 0 radical (unpaired) electrons. The number of hydrogen-bond acceptors (Lipinski definition) is 5. The molecule has 0 unspecified atom stereocenters. The summed E-state index contributed by atoms with van der Waals surface area (Å²) in [6, 6.07) is 17.9. The Morgan fingerprint density at radius 3 is 2.66 bits per heavy atom. The third-order valence-electron chi connectivity index (χ3n) is 5.06.